The molecule has 1 N–H and O–H groups in total. The summed E-state index contributed by atoms with van der Waals surface area (Å²) in [5.41, 5.74) is 2.45. The van der Waals surface area contributed by atoms with Crippen LogP contribution in [0, 0.1) is 12.8 Å². The number of aliphatic hydroxyl groups is 1. The van der Waals surface area contributed by atoms with Gasteiger partial charge in [-0.3, -0.25) is 14.5 Å². The van der Waals surface area contributed by atoms with Gasteiger partial charge in [0, 0.05) is 57.6 Å². The SMILES string of the molecule is Cc1nn(C)cc1CN1CCN(CCC(C)C)[C@@H](CCO)C1. The van der Waals surface area contributed by atoms with Crippen LogP contribution in [-0.2, 0) is 13.6 Å². The Labute approximate surface area is 134 Å². The van der Waals surface area contributed by atoms with Crippen LogP contribution in [0.5, 0.6) is 0 Å². The van der Waals surface area contributed by atoms with Gasteiger partial charge in [-0.1, -0.05) is 13.8 Å². The number of hydrogen-bond donors (Lipinski definition) is 1. The fourth-order valence-corrected chi connectivity index (χ4v) is 3.29. The fraction of sp³-hybridized carbons (Fsp3) is 0.824. The van der Waals surface area contributed by atoms with Gasteiger partial charge < -0.3 is 5.11 Å². The van der Waals surface area contributed by atoms with Crippen molar-refractivity contribution in [3.05, 3.63) is 17.5 Å². The van der Waals surface area contributed by atoms with Crippen molar-refractivity contribution in [1.82, 2.24) is 19.6 Å². The molecule has 5 nitrogen and oxygen atoms in total. The Morgan fingerprint density at radius 2 is 2.14 bits per heavy atom. The molecule has 0 aromatic carbocycles. The zero-order valence-corrected chi connectivity index (χ0v) is 14.6. The molecule has 1 saturated heterocycles. The first-order chi connectivity index (χ1) is 10.5. The van der Waals surface area contributed by atoms with E-state index >= 15 is 0 Å². The van der Waals surface area contributed by atoms with E-state index in [-0.39, 0.29) is 6.61 Å². The molecule has 0 spiro atoms. The number of nitrogens with zero attached hydrogens (tertiary/aromatic N) is 4. The summed E-state index contributed by atoms with van der Waals surface area (Å²) in [5, 5.41) is 13.8. The van der Waals surface area contributed by atoms with Crippen LogP contribution in [0.3, 0.4) is 0 Å². The molecule has 22 heavy (non-hydrogen) atoms. The molecule has 0 saturated carbocycles. The third-order valence-corrected chi connectivity index (χ3v) is 4.65. The fourth-order valence-electron chi connectivity index (χ4n) is 3.29. The predicted molar refractivity (Wildman–Crippen MR) is 89.7 cm³/mol. The molecule has 0 aliphatic carbocycles. The quantitative estimate of drug-likeness (QED) is 0.832. The minimum absolute atomic E-state index is 0.280. The highest BCUT2D eigenvalue weighted by Crippen LogP contribution is 2.18. The summed E-state index contributed by atoms with van der Waals surface area (Å²) in [6.45, 7) is 12.3. The first-order valence-electron chi connectivity index (χ1n) is 8.56. The molecule has 1 fully saturated rings. The van der Waals surface area contributed by atoms with Crippen LogP contribution in [0.2, 0.25) is 0 Å². The maximum absolute atomic E-state index is 9.38. The number of aromatic nitrogens is 2. The third kappa shape index (κ3) is 4.80. The molecule has 0 radical (unpaired) electrons. The molecule has 1 aromatic rings. The number of rotatable bonds is 7. The Balaban J connectivity index is 1.92. The van der Waals surface area contributed by atoms with E-state index in [1.807, 2.05) is 11.7 Å². The molecule has 0 bridgehead atoms. The molecule has 1 aromatic heterocycles. The molecular formula is C17H32N4O. The van der Waals surface area contributed by atoms with Gasteiger partial charge in [-0.15, -0.1) is 0 Å². The van der Waals surface area contributed by atoms with E-state index < -0.39 is 0 Å². The molecule has 5 heteroatoms. The Kier molecular flexibility index (Phi) is 6.41. The third-order valence-electron chi connectivity index (χ3n) is 4.65. The molecule has 1 atom stereocenters. The summed E-state index contributed by atoms with van der Waals surface area (Å²) in [6, 6.07) is 0.481. The van der Waals surface area contributed by atoms with Crippen molar-refractivity contribution in [2.75, 3.05) is 32.8 Å². The van der Waals surface area contributed by atoms with Crippen molar-refractivity contribution in [2.45, 2.75) is 46.2 Å². The average Bonchev–Trinajstić information content (AvgIpc) is 2.76. The summed E-state index contributed by atoms with van der Waals surface area (Å²) in [4.78, 5) is 5.08. The number of hydrogen-bond acceptors (Lipinski definition) is 4. The smallest absolute Gasteiger partial charge is 0.0638 e. The van der Waals surface area contributed by atoms with E-state index in [1.54, 1.807) is 0 Å². The second kappa shape index (κ2) is 8.09. The zero-order chi connectivity index (χ0) is 16.1. The van der Waals surface area contributed by atoms with Crippen LogP contribution >= 0.6 is 0 Å². The van der Waals surface area contributed by atoms with Crippen LogP contribution in [0.15, 0.2) is 6.20 Å². The second-order valence-corrected chi connectivity index (χ2v) is 7.03. The zero-order valence-electron chi connectivity index (χ0n) is 14.6. The monoisotopic (exact) mass is 308 g/mol. The van der Waals surface area contributed by atoms with E-state index in [0.29, 0.717) is 6.04 Å². The van der Waals surface area contributed by atoms with E-state index in [4.69, 9.17) is 0 Å². The summed E-state index contributed by atoms with van der Waals surface area (Å²) >= 11 is 0. The average molecular weight is 308 g/mol. The summed E-state index contributed by atoms with van der Waals surface area (Å²) < 4.78 is 1.90. The van der Waals surface area contributed by atoms with Crippen LogP contribution in [0.4, 0.5) is 0 Å². The topological polar surface area (TPSA) is 44.5 Å². The first kappa shape index (κ1) is 17.4. The van der Waals surface area contributed by atoms with Crippen molar-refractivity contribution < 1.29 is 5.11 Å². The maximum atomic E-state index is 9.38. The van der Waals surface area contributed by atoms with Gasteiger partial charge in [0.15, 0.2) is 0 Å². The van der Waals surface area contributed by atoms with Gasteiger partial charge in [-0.25, -0.2) is 0 Å². The lowest BCUT2D eigenvalue weighted by Gasteiger charge is -2.41. The van der Waals surface area contributed by atoms with Crippen molar-refractivity contribution in [3.63, 3.8) is 0 Å². The minimum atomic E-state index is 0.280. The van der Waals surface area contributed by atoms with Crippen molar-refractivity contribution >= 4 is 0 Å². The summed E-state index contributed by atoms with van der Waals surface area (Å²) in [5.74, 6) is 0.742. The van der Waals surface area contributed by atoms with E-state index in [1.165, 1.54) is 12.0 Å². The van der Waals surface area contributed by atoms with Gasteiger partial charge in [0.1, 0.15) is 0 Å². The maximum Gasteiger partial charge on any atom is 0.0638 e. The van der Waals surface area contributed by atoms with Gasteiger partial charge in [0.25, 0.3) is 0 Å². The Bertz CT molecular complexity index is 458. The lowest BCUT2D eigenvalue weighted by atomic mass is 10.1. The van der Waals surface area contributed by atoms with E-state index in [2.05, 4.69) is 41.9 Å². The van der Waals surface area contributed by atoms with Gasteiger partial charge in [0.2, 0.25) is 0 Å². The van der Waals surface area contributed by atoms with E-state index in [9.17, 15) is 5.11 Å². The highest BCUT2D eigenvalue weighted by atomic mass is 16.3. The normalized spacial score (nSPS) is 20.9. The van der Waals surface area contributed by atoms with Crippen molar-refractivity contribution in [2.24, 2.45) is 13.0 Å². The molecule has 126 valence electrons. The molecule has 1 aliphatic heterocycles. The standard InChI is InChI=1S/C17H32N4O/c1-14(2)5-7-21-9-8-20(13-17(21)6-10-22)12-16-11-19(4)18-15(16)3/h11,14,17,22H,5-10,12-13H2,1-4H3/t17-/m0/s1. The van der Waals surface area contributed by atoms with Crippen LogP contribution in [0.25, 0.3) is 0 Å². The molecule has 2 heterocycles. The predicted octanol–water partition coefficient (Wildman–Crippen LogP) is 1.64. The molecule has 2 rings (SSSR count). The minimum Gasteiger partial charge on any atom is -0.396 e. The molecular weight excluding hydrogens is 276 g/mol. The number of piperazine rings is 1. The van der Waals surface area contributed by atoms with Gasteiger partial charge in [-0.05, 0) is 32.2 Å². The molecule has 0 unspecified atom stereocenters. The Morgan fingerprint density at radius 1 is 1.36 bits per heavy atom. The highest BCUT2D eigenvalue weighted by molar-refractivity contribution is 5.15. The van der Waals surface area contributed by atoms with Gasteiger partial charge in [-0.2, -0.15) is 5.10 Å². The number of aryl methyl sites for hydroxylation is 2. The lowest BCUT2D eigenvalue weighted by Crippen LogP contribution is -2.53. The Morgan fingerprint density at radius 3 is 2.73 bits per heavy atom. The van der Waals surface area contributed by atoms with Crippen LogP contribution < -0.4 is 0 Å². The lowest BCUT2D eigenvalue weighted by molar-refractivity contribution is 0.0523. The second-order valence-electron chi connectivity index (χ2n) is 7.03. The largest absolute Gasteiger partial charge is 0.396 e. The van der Waals surface area contributed by atoms with Crippen LogP contribution in [-0.4, -0.2) is 63.5 Å². The summed E-state index contributed by atoms with van der Waals surface area (Å²) in [7, 11) is 1.98. The number of aliphatic hydroxyl groups excluding tert-OH is 1. The summed E-state index contributed by atoms with van der Waals surface area (Å²) in [6.07, 6.45) is 4.24. The molecule has 1 aliphatic rings. The van der Waals surface area contributed by atoms with Gasteiger partial charge >= 0.3 is 0 Å². The van der Waals surface area contributed by atoms with Gasteiger partial charge in [0.05, 0.1) is 5.69 Å². The van der Waals surface area contributed by atoms with Crippen LogP contribution in [0.1, 0.15) is 37.9 Å². The van der Waals surface area contributed by atoms with Crippen molar-refractivity contribution in [1.29, 1.82) is 0 Å². The van der Waals surface area contributed by atoms with Crippen molar-refractivity contribution in [3.8, 4) is 0 Å². The highest BCUT2D eigenvalue weighted by Gasteiger charge is 2.26. The van der Waals surface area contributed by atoms with E-state index in [0.717, 1.165) is 50.8 Å². The molecule has 0 amide bonds. The Hall–Kier alpha value is -0.910. The first-order valence-corrected chi connectivity index (χ1v) is 8.56.